The second kappa shape index (κ2) is 26.4. The lowest BCUT2D eigenvalue weighted by atomic mass is 9.67. The average molecular weight is 1340 g/mol. The van der Waals surface area contributed by atoms with Gasteiger partial charge in [-0.05, 0) is 235 Å². The third kappa shape index (κ3) is 10.9. The summed E-state index contributed by atoms with van der Waals surface area (Å²) < 4.78 is 91.2. The van der Waals surface area contributed by atoms with Crippen LogP contribution in [0.25, 0.3) is 45.5 Å². The summed E-state index contributed by atoms with van der Waals surface area (Å²) in [5.41, 5.74) is 14.6. The third-order valence-electron chi connectivity index (χ3n) is 19.8. The van der Waals surface area contributed by atoms with Crippen LogP contribution in [0, 0.1) is 23.3 Å². The molecule has 0 fully saturated rings. The monoisotopic (exact) mass is 1340 g/mol. The van der Waals surface area contributed by atoms with Gasteiger partial charge >= 0.3 is 0 Å². The molecule has 2 aliphatic carbocycles. The van der Waals surface area contributed by atoms with Crippen LogP contribution >= 0.6 is 0 Å². The van der Waals surface area contributed by atoms with Crippen LogP contribution in [0.1, 0.15) is 55.6 Å². The van der Waals surface area contributed by atoms with Gasteiger partial charge in [-0.3, -0.25) is 0 Å². The lowest BCUT2D eigenvalue weighted by molar-refractivity contribution is 0.414. The molecular weight excluding hydrogens is 1270 g/mol. The topological polar surface area (TPSA) is 43.4 Å². The van der Waals surface area contributed by atoms with Crippen LogP contribution in [-0.2, 0) is 10.8 Å². The molecule has 2 atom stereocenters. The molecular formula is C92H64F4N2O4. The summed E-state index contributed by atoms with van der Waals surface area (Å²) >= 11 is 0. The maximum absolute atomic E-state index is 16.8. The Bertz CT molecular complexity index is 5110. The zero-order valence-electron chi connectivity index (χ0n) is 55.6. The number of hydrogen-bond acceptors (Lipinski definition) is 6. The first-order chi connectivity index (χ1) is 50.0. The van der Waals surface area contributed by atoms with E-state index in [2.05, 4.69) is 86.0 Å². The van der Waals surface area contributed by atoms with Gasteiger partial charge in [0.05, 0.1) is 25.0 Å². The SMILES string of the molecule is C=Cc1ccc(Oc2ccc(C3(c4ccc(OC)cc4)c4ccccc4-c4ccc(N(c5ccc(-c6ccc(N(c7ccc8c(c7)C(c7ccc(OC)cc7)(c7ccc(Oc9ccc(C=C)cc9)cc7)c7ccccc7-8)c7c(F)cccc7F)cc6)cc5)c5c(F)cccc5F)cc43)cc2)cc1. The van der Waals surface area contributed by atoms with Crippen molar-refractivity contribution in [3.8, 4) is 67.9 Å². The number of rotatable bonds is 19. The van der Waals surface area contributed by atoms with Gasteiger partial charge in [-0.2, -0.15) is 0 Å². The van der Waals surface area contributed by atoms with Gasteiger partial charge < -0.3 is 28.7 Å². The number of para-hydroxylation sites is 2. The van der Waals surface area contributed by atoms with Crippen molar-refractivity contribution in [2.24, 2.45) is 0 Å². The molecule has 0 aliphatic heterocycles. The molecule has 0 bridgehead atoms. The predicted octanol–water partition coefficient (Wildman–Crippen LogP) is 24.5. The van der Waals surface area contributed by atoms with E-state index in [0.29, 0.717) is 57.2 Å². The second-order valence-electron chi connectivity index (χ2n) is 25.2. The minimum atomic E-state index is -0.945. The van der Waals surface area contributed by atoms with Crippen LogP contribution in [0.3, 0.4) is 0 Å². The first kappa shape index (κ1) is 63.8. The van der Waals surface area contributed by atoms with E-state index >= 15 is 17.6 Å². The summed E-state index contributed by atoms with van der Waals surface area (Å²) in [6, 6.07) is 99.1. The number of methoxy groups -OCH3 is 2. The smallest absolute Gasteiger partial charge is 0.150 e. The largest absolute Gasteiger partial charge is 0.497 e. The predicted molar refractivity (Wildman–Crippen MR) is 402 cm³/mol. The van der Waals surface area contributed by atoms with Crippen molar-refractivity contribution in [2.45, 2.75) is 10.8 Å². The minimum Gasteiger partial charge on any atom is -0.497 e. The van der Waals surface area contributed by atoms with Gasteiger partial charge in [0.1, 0.15) is 69.1 Å². The standard InChI is InChI=1S/C92H64F4N2O4/c1-5-59-21-43-73(44-22-59)101-75-51-33-65(34-52-75)91(63-29-47-71(99-3)48-30-63)81-15-9-7-13-77(81)79-55-41-69(57-83(79)91)97(89-85(93)17-11-18-86(89)94)67-37-25-61(26-38-67)62-27-39-68(40-28-62)98(90-87(95)19-12-20-88(90)96)70-42-56-80-78-14-8-10-16-82(78)92(84(80)58-70,64-31-49-72(100-4)50-32-64)66-35-53-76(54-36-66)102-74-45-23-60(6-2)24-46-74/h5-58H,1-2H2,3-4H3. The Morgan fingerprint density at radius 2 is 0.569 bits per heavy atom. The number of anilines is 6. The van der Waals surface area contributed by atoms with Crippen molar-refractivity contribution < 1.29 is 36.5 Å². The van der Waals surface area contributed by atoms with Crippen LogP contribution in [0.15, 0.2) is 329 Å². The fourth-order valence-electron chi connectivity index (χ4n) is 15.1. The van der Waals surface area contributed by atoms with Gasteiger partial charge in [0.2, 0.25) is 0 Å². The van der Waals surface area contributed by atoms with E-state index < -0.39 is 34.1 Å². The van der Waals surface area contributed by atoms with E-state index in [4.69, 9.17) is 18.9 Å². The number of fused-ring (bicyclic) bond motifs is 6. The quantitative estimate of drug-likeness (QED) is 0.0752. The average Bonchev–Trinajstić information content (AvgIpc) is 1.54. The molecule has 0 saturated heterocycles. The van der Waals surface area contributed by atoms with Crippen molar-refractivity contribution in [3.63, 3.8) is 0 Å². The zero-order chi connectivity index (χ0) is 69.6. The summed E-state index contributed by atoms with van der Waals surface area (Å²) in [5, 5.41) is 0. The van der Waals surface area contributed by atoms with Crippen molar-refractivity contribution in [2.75, 3.05) is 24.0 Å². The summed E-state index contributed by atoms with van der Waals surface area (Å²) in [6.45, 7) is 7.77. The molecule has 16 rings (SSSR count). The first-order valence-electron chi connectivity index (χ1n) is 33.5. The molecule has 14 aromatic carbocycles. The highest BCUT2D eigenvalue weighted by atomic mass is 19.1. The molecule has 14 aromatic rings. The van der Waals surface area contributed by atoms with Crippen molar-refractivity contribution >= 4 is 46.3 Å². The highest BCUT2D eigenvalue weighted by molar-refractivity contribution is 5.92. The van der Waals surface area contributed by atoms with Gasteiger partial charge in [-0.15, -0.1) is 0 Å². The van der Waals surface area contributed by atoms with Gasteiger partial charge in [0.25, 0.3) is 0 Å². The van der Waals surface area contributed by atoms with Crippen LogP contribution in [0.2, 0.25) is 0 Å². The molecule has 102 heavy (non-hydrogen) atoms. The number of halogens is 4. The van der Waals surface area contributed by atoms with Gasteiger partial charge in [-0.1, -0.05) is 195 Å². The first-order valence-corrected chi connectivity index (χ1v) is 33.5. The summed E-state index contributed by atoms with van der Waals surface area (Å²) in [6.07, 6.45) is 3.57. The maximum Gasteiger partial charge on any atom is 0.150 e. The molecule has 2 aliphatic rings. The Kier molecular flexibility index (Phi) is 16.5. The highest BCUT2D eigenvalue weighted by Crippen LogP contribution is 2.60. The van der Waals surface area contributed by atoms with E-state index in [0.717, 1.165) is 89.0 Å². The molecule has 0 aromatic heterocycles. The number of benzene rings is 14. The number of ether oxygens (including phenoxy) is 4. The van der Waals surface area contributed by atoms with E-state index in [-0.39, 0.29) is 11.4 Å². The Labute approximate surface area is 589 Å². The van der Waals surface area contributed by atoms with Gasteiger partial charge in [-0.25, -0.2) is 17.6 Å². The molecule has 0 N–H and O–H groups in total. The zero-order valence-corrected chi connectivity index (χ0v) is 55.6. The molecule has 0 spiro atoms. The van der Waals surface area contributed by atoms with Crippen molar-refractivity contribution in [1.82, 2.24) is 0 Å². The molecule has 0 radical (unpaired) electrons. The Morgan fingerprint density at radius 3 is 0.882 bits per heavy atom. The highest BCUT2D eigenvalue weighted by Gasteiger charge is 2.48. The Balaban J connectivity index is 0.782. The van der Waals surface area contributed by atoms with Crippen molar-refractivity contribution in [3.05, 3.63) is 408 Å². The minimum absolute atomic E-state index is 0.255. The molecule has 0 saturated carbocycles. The summed E-state index contributed by atoms with van der Waals surface area (Å²) in [4.78, 5) is 3.25. The van der Waals surface area contributed by atoms with Gasteiger partial charge in [0, 0.05) is 22.7 Å². The fourth-order valence-corrected chi connectivity index (χ4v) is 15.1. The van der Waals surface area contributed by atoms with Crippen LogP contribution in [0.5, 0.6) is 34.5 Å². The Morgan fingerprint density at radius 1 is 0.284 bits per heavy atom. The van der Waals surface area contributed by atoms with Crippen LogP contribution < -0.4 is 28.7 Å². The van der Waals surface area contributed by atoms with E-state index in [1.807, 2.05) is 206 Å². The Hall–Kier alpha value is -12.9. The van der Waals surface area contributed by atoms with Crippen LogP contribution in [0.4, 0.5) is 51.7 Å². The molecule has 2 unspecified atom stereocenters. The molecule has 6 nitrogen and oxygen atoms in total. The van der Waals surface area contributed by atoms with E-state index in [1.165, 1.54) is 36.4 Å². The molecule has 0 amide bonds. The van der Waals surface area contributed by atoms with Crippen molar-refractivity contribution in [1.29, 1.82) is 0 Å². The summed E-state index contributed by atoms with van der Waals surface area (Å²) in [7, 11) is 3.28. The lowest BCUT2D eigenvalue weighted by Crippen LogP contribution is -2.29. The fraction of sp³-hybridized carbons (Fsp3) is 0.0435. The second-order valence-corrected chi connectivity index (χ2v) is 25.2. The number of hydrogen-bond donors (Lipinski definition) is 0. The molecule has 10 heteroatoms. The normalized spacial score (nSPS) is 14.5. The number of nitrogens with zero attached hydrogens (tertiary/aromatic N) is 2. The maximum atomic E-state index is 16.8. The molecule has 494 valence electrons. The molecule has 0 heterocycles. The van der Waals surface area contributed by atoms with E-state index in [1.54, 1.807) is 36.2 Å². The van der Waals surface area contributed by atoms with Crippen LogP contribution in [-0.4, -0.2) is 14.2 Å². The van der Waals surface area contributed by atoms with E-state index in [9.17, 15) is 0 Å². The van der Waals surface area contributed by atoms with Gasteiger partial charge in [0.15, 0.2) is 0 Å². The third-order valence-corrected chi connectivity index (χ3v) is 19.8. The lowest BCUT2D eigenvalue weighted by Gasteiger charge is -2.35. The summed E-state index contributed by atoms with van der Waals surface area (Å²) in [5.74, 6) is 1.01.